The van der Waals surface area contributed by atoms with E-state index in [0.717, 1.165) is 35.4 Å². The van der Waals surface area contributed by atoms with Crippen LogP contribution in [0.4, 0.5) is 5.82 Å². The highest BCUT2D eigenvalue weighted by molar-refractivity contribution is 5.67. The normalized spacial score (nSPS) is 10.4. The smallest absolute Gasteiger partial charge is 0.130 e. The standard InChI is InChI=1S/C15H19N3O/c1-3-5-13-14(17-10-18-15(13)16)11-6-8-12(9-7-11)19-4-2/h6-10H,3-5H2,1-2H3,(H2,16,17,18). The molecule has 1 aromatic carbocycles. The molecule has 0 spiro atoms. The van der Waals surface area contributed by atoms with Gasteiger partial charge in [0.05, 0.1) is 12.3 Å². The van der Waals surface area contributed by atoms with Crippen LogP contribution in [0, 0.1) is 0 Å². The minimum absolute atomic E-state index is 0.570. The van der Waals surface area contributed by atoms with E-state index in [1.165, 1.54) is 6.33 Å². The van der Waals surface area contributed by atoms with Crippen molar-refractivity contribution in [1.29, 1.82) is 0 Å². The molecule has 0 atom stereocenters. The Morgan fingerprint density at radius 2 is 1.84 bits per heavy atom. The summed E-state index contributed by atoms with van der Waals surface area (Å²) >= 11 is 0. The molecule has 0 bridgehead atoms. The van der Waals surface area contributed by atoms with Crippen molar-refractivity contribution in [2.24, 2.45) is 0 Å². The highest BCUT2D eigenvalue weighted by Gasteiger charge is 2.10. The molecule has 2 aromatic rings. The molecular weight excluding hydrogens is 238 g/mol. The van der Waals surface area contributed by atoms with Gasteiger partial charge in [-0.2, -0.15) is 0 Å². The van der Waals surface area contributed by atoms with Gasteiger partial charge >= 0.3 is 0 Å². The van der Waals surface area contributed by atoms with Gasteiger partial charge in [0.1, 0.15) is 17.9 Å². The van der Waals surface area contributed by atoms with Crippen molar-refractivity contribution in [3.8, 4) is 17.0 Å². The number of nitrogens with zero attached hydrogens (tertiary/aromatic N) is 2. The molecule has 0 saturated heterocycles. The molecule has 4 heteroatoms. The number of benzene rings is 1. The van der Waals surface area contributed by atoms with Crippen LogP contribution in [0.3, 0.4) is 0 Å². The summed E-state index contributed by atoms with van der Waals surface area (Å²) in [4.78, 5) is 8.44. The summed E-state index contributed by atoms with van der Waals surface area (Å²) in [5.41, 5.74) is 8.93. The fourth-order valence-electron chi connectivity index (χ4n) is 2.05. The molecule has 19 heavy (non-hydrogen) atoms. The SMILES string of the molecule is CCCc1c(N)ncnc1-c1ccc(OCC)cc1. The lowest BCUT2D eigenvalue weighted by Gasteiger charge is -2.10. The van der Waals surface area contributed by atoms with Gasteiger partial charge in [-0.05, 0) is 37.6 Å². The van der Waals surface area contributed by atoms with Crippen molar-refractivity contribution in [3.63, 3.8) is 0 Å². The third-order valence-electron chi connectivity index (χ3n) is 2.92. The second-order valence-electron chi connectivity index (χ2n) is 4.29. The maximum Gasteiger partial charge on any atom is 0.130 e. The maximum atomic E-state index is 5.95. The molecule has 2 rings (SSSR count). The lowest BCUT2D eigenvalue weighted by Crippen LogP contribution is -2.02. The van der Waals surface area contributed by atoms with Crippen LogP contribution in [0.25, 0.3) is 11.3 Å². The first-order valence-electron chi connectivity index (χ1n) is 6.58. The van der Waals surface area contributed by atoms with Crippen LogP contribution in [-0.2, 0) is 6.42 Å². The van der Waals surface area contributed by atoms with Crippen LogP contribution in [0.5, 0.6) is 5.75 Å². The molecule has 1 aromatic heterocycles. The summed E-state index contributed by atoms with van der Waals surface area (Å²) in [7, 11) is 0. The Balaban J connectivity index is 2.38. The maximum absolute atomic E-state index is 5.95. The Labute approximate surface area is 113 Å². The van der Waals surface area contributed by atoms with E-state index in [9.17, 15) is 0 Å². The van der Waals surface area contributed by atoms with Gasteiger partial charge in [0.15, 0.2) is 0 Å². The van der Waals surface area contributed by atoms with E-state index >= 15 is 0 Å². The van der Waals surface area contributed by atoms with Crippen molar-refractivity contribution >= 4 is 5.82 Å². The zero-order valence-corrected chi connectivity index (χ0v) is 11.4. The Bertz CT molecular complexity index is 538. The molecule has 0 amide bonds. The van der Waals surface area contributed by atoms with Crippen LogP contribution in [-0.4, -0.2) is 16.6 Å². The predicted octanol–water partition coefficient (Wildman–Crippen LogP) is 3.08. The van der Waals surface area contributed by atoms with Crippen LogP contribution >= 0.6 is 0 Å². The monoisotopic (exact) mass is 257 g/mol. The summed E-state index contributed by atoms with van der Waals surface area (Å²) in [5.74, 6) is 1.44. The third-order valence-corrected chi connectivity index (χ3v) is 2.92. The zero-order valence-electron chi connectivity index (χ0n) is 11.4. The van der Waals surface area contributed by atoms with E-state index < -0.39 is 0 Å². The lowest BCUT2D eigenvalue weighted by atomic mass is 10.0. The third kappa shape index (κ3) is 3.02. The predicted molar refractivity (Wildman–Crippen MR) is 77.0 cm³/mol. The molecule has 0 unspecified atom stereocenters. The highest BCUT2D eigenvalue weighted by atomic mass is 16.5. The summed E-state index contributed by atoms with van der Waals surface area (Å²) < 4.78 is 5.44. The van der Waals surface area contributed by atoms with E-state index in [1.54, 1.807) is 0 Å². The number of hydrogen-bond acceptors (Lipinski definition) is 4. The van der Waals surface area contributed by atoms with E-state index in [4.69, 9.17) is 10.5 Å². The minimum atomic E-state index is 0.570. The van der Waals surface area contributed by atoms with Gasteiger partial charge in [-0.15, -0.1) is 0 Å². The number of nitrogen functional groups attached to an aromatic ring is 1. The summed E-state index contributed by atoms with van der Waals surface area (Å²) in [5, 5.41) is 0. The second-order valence-corrected chi connectivity index (χ2v) is 4.29. The average molecular weight is 257 g/mol. The number of aromatic nitrogens is 2. The average Bonchev–Trinajstić information content (AvgIpc) is 2.43. The lowest BCUT2D eigenvalue weighted by molar-refractivity contribution is 0.340. The number of hydrogen-bond donors (Lipinski definition) is 1. The molecule has 100 valence electrons. The van der Waals surface area contributed by atoms with Crippen molar-refractivity contribution in [1.82, 2.24) is 9.97 Å². The highest BCUT2D eigenvalue weighted by Crippen LogP contribution is 2.27. The fraction of sp³-hybridized carbons (Fsp3) is 0.333. The molecule has 4 nitrogen and oxygen atoms in total. The van der Waals surface area contributed by atoms with Crippen molar-refractivity contribution in [3.05, 3.63) is 36.2 Å². The number of ether oxygens (including phenoxy) is 1. The van der Waals surface area contributed by atoms with Gasteiger partial charge in [0, 0.05) is 11.1 Å². The summed E-state index contributed by atoms with van der Waals surface area (Å²) in [6, 6.07) is 7.91. The zero-order chi connectivity index (χ0) is 13.7. The molecule has 0 saturated carbocycles. The molecule has 2 N–H and O–H groups in total. The second kappa shape index (κ2) is 6.18. The number of anilines is 1. The van der Waals surface area contributed by atoms with Gasteiger partial charge in [-0.1, -0.05) is 13.3 Å². The largest absolute Gasteiger partial charge is 0.494 e. The molecular formula is C15H19N3O. The van der Waals surface area contributed by atoms with Crippen LogP contribution in [0.2, 0.25) is 0 Å². The van der Waals surface area contributed by atoms with Gasteiger partial charge in [0.25, 0.3) is 0 Å². The topological polar surface area (TPSA) is 61.0 Å². The Hall–Kier alpha value is -2.10. The molecule has 1 heterocycles. The van der Waals surface area contributed by atoms with Crippen molar-refractivity contribution < 1.29 is 4.74 Å². The van der Waals surface area contributed by atoms with E-state index in [2.05, 4.69) is 16.9 Å². The Kier molecular flexibility index (Phi) is 4.34. The van der Waals surface area contributed by atoms with E-state index in [1.807, 2.05) is 31.2 Å². The molecule has 0 aliphatic rings. The Morgan fingerprint density at radius 1 is 1.11 bits per heavy atom. The molecule has 0 aliphatic heterocycles. The first kappa shape index (κ1) is 13.3. The quantitative estimate of drug-likeness (QED) is 0.894. The minimum Gasteiger partial charge on any atom is -0.494 e. The number of rotatable bonds is 5. The van der Waals surface area contributed by atoms with Crippen LogP contribution < -0.4 is 10.5 Å². The van der Waals surface area contributed by atoms with Gasteiger partial charge in [0.2, 0.25) is 0 Å². The molecule has 0 aliphatic carbocycles. The number of nitrogens with two attached hydrogens (primary N) is 1. The van der Waals surface area contributed by atoms with Crippen molar-refractivity contribution in [2.45, 2.75) is 26.7 Å². The van der Waals surface area contributed by atoms with Crippen molar-refractivity contribution in [2.75, 3.05) is 12.3 Å². The van der Waals surface area contributed by atoms with Crippen LogP contribution in [0.1, 0.15) is 25.8 Å². The molecule has 0 radical (unpaired) electrons. The first-order valence-corrected chi connectivity index (χ1v) is 6.58. The van der Waals surface area contributed by atoms with Gasteiger partial charge < -0.3 is 10.5 Å². The van der Waals surface area contributed by atoms with E-state index in [-0.39, 0.29) is 0 Å². The van der Waals surface area contributed by atoms with Crippen LogP contribution in [0.15, 0.2) is 30.6 Å². The fourth-order valence-corrected chi connectivity index (χ4v) is 2.05. The Morgan fingerprint density at radius 3 is 2.47 bits per heavy atom. The van der Waals surface area contributed by atoms with Gasteiger partial charge in [-0.25, -0.2) is 9.97 Å². The first-order chi connectivity index (χ1) is 9.26. The molecule has 0 fully saturated rings. The summed E-state index contributed by atoms with van der Waals surface area (Å²) in [6.07, 6.45) is 3.41. The van der Waals surface area contributed by atoms with E-state index in [0.29, 0.717) is 12.4 Å². The van der Waals surface area contributed by atoms with Gasteiger partial charge in [-0.3, -0.25) is 0 Å². The summed E-state index contributed by atoms with van der Waals surface area (Å²) in [6.45, 7) is 4.76.